The molecule has 0 saturated heterocycles. The summed E-state index contributed by atoms with van der Waals surface area (Å²) in [4.78, 5) is 23.4. The molecule has 0 atom stereocenters. The largest absolute Gasteiger partial charge is 0.506 e. The molecule has 0 fully saturated rings. The van der Waals surface area contributed by atoms with Gasteiger partial charge in [0.25, 0.3) is 0 Å². The molecule has 0 aliphatic carbocycles. The smallest absolute Gasteiger partial charge is 0.344 e. The van der Waals surface area contributed by atoms with E-state index in [1.54, 1.807) is 13.8 Å². The minimum atomic E-state index is -0.778. The molecule has 0 bridgehead atoms. The minimum absolute atomic E-state index is 0.106. The molecule has 8 heteroatoms. The number of ether oxygens (including phenoxy) is 2. The topological polar surface area (TPSA) is 72.8 Å². The van der Waals surface area contributed by atoms with E-state index in [2.05, 4.69) is 12.6 Å². The van der Waals surface area contributed by atoms with Crippen molar-refractivity contribution in [1.82, 2.24) is 0 Å². The average molecular weight is 320 g/mol. The first-order chi connectivity index (χ1) is 8.93. The van der Waals surface area contributed by atoms with Gasteiger partial charge in [0.1, 0.15) is 20.7 Å². The van der Waals surface area contributed by atoms with Crippen LogP contribution in [-0.4, -0.2) is 30.3 Å². The normalized spacial score (nSPS) is 10.1. The Balaban J connectivity index is 3.43. The maximum absolute atomic E-state index is 11.7. The number of hydrogen-bond acceptors (Lipinski definition) is 8. The van der Waals surface area contributed by atoms with Crippen molar-refractivity contribution in [3.05, 3.63) is 15.0 Å². The lowest BCUT2D eigenvalue weighted by atomic mass is 10.2. The second kappa shape index (κ2) is 6.88. The molecule has 0 aliphatic rings. The number of aromatic hydroxyl groups is 1. The zero-order chi connectivity index (χ0) is 14.6. The highest BCUT2D eigenvalue weighted by atomic mass is 32.2. The van der Waals surface area contributed by atoms with Crippen molar-refractivity contribution in [1.29, 1.82) is 0 Å². The molecular formula is C11H12O5S3. The summed E-state index contributed by atoms with van der Waals surface area (Å²) in [7, 11) is 0. The molecule has 1 N–H and O–H groups in total. The van der Waals surface area contributed by atoms with Crippen LogP contribution in [0.25, 0.3) is 0 Å². The highest BCUT2D eigenvalue weighted by molar-refractivity contribution is 7.83. The Hall–Kier alpha value is -1.12. The van der Waals surface area contributed by atoms with Crippen molar-refractivity contribution in [2.45, 2.75) is 18.1 Å². The zero-order valence-electron chi connectivity index (χ0n) is 10.3. The Morgan fingerprint density at radius 2 is 1.68 bits per heavy atom. The van der Waals surface area contributed by atoms with E-state index in [9.17, 15) is 14.7 Å². The van der Waals surface area contributed by atoms with Crippen LogP contribution < -0.4 is 0 Å². The summed E-state index contributed by atoms with van der Waals surface area (Å²) < 4.78 is 9.88. The monoisotopic (exact) mass is 320 g/mol. The number of esters is 2. The molecule has 0 saturated carbocycles. The van der Waals surface area contributed by atoms with Gasteiger partial charge in [-0.15, -0.1) is 24.0 Å². The van der Waals surface area contributed by atoms with Gasteiger partial charge < -0.3 is 14.6 Å². The molecule has 0 aliphatic heterocycles. The van der Waals surface area contributed by atoms with E-state index in [-0.39, 0.29) is 32.4 Å². The van der Waals surface area contributed by atoms with Crippen LogP contribution in [0.5, 0.6) is 5.75 Å². The predicted molar refractivity (Wildman–Crippen MR) is 76.0 cm³/mol. The fraction of sp³-hybridized carbons (Fsp3) is 0.364. The summed E-state index contributed by atoms with van der Waals surface area (Å²) in [6, 6.07) is 0. The van der Waals surface area contributed by atoms with E-state index in [1.165, 1.54) is 0 Å². The quantitative estimate of drug-likeness (QED) is 0.505. The molecule has 1 aromatic heterocycles. The van der Waals surface area contributed by atoms with Gasteiger partial charge in [-0.05, 0) is 13.8 Å². The van der Waals surface area contributed by atoms with Gasteiger partial charge in [0.2, 0.25) is 0 Å². The first-order valence-corrected chi connectivity index (χ1v) is 7.04. The van der Waals surface area contributed by atoms with Crippen molar-refractivity contribution in [3.63, 3.8) is 0 Å². The highest BCUT2D eigenvalue weighted by Crippen LogP contribution is 2.34. The highest BCUT2D eigenvalue weighted by Gasteiger charge is 2.25. The summed E-state index contributed by atoms with van der Waals surface area (Å²) in [5, 5.41) is 10.0. The van der Waals surface area contributed by atoms with E-state index in [0.717, 1.165) is 11.3 Å². The molecule has 5 nitrogen and oxygen atoms in total. The maximum atomic E-state index is 11.7. The standard InChI is InChI=1S/C11H12O5S3/c1-3-15-8(13)5-7(12)6(9(14)16-4-2)11(18)19-10(5)17/h12,17H,3-4H2,1-2H3. The third kappa shape index (κ3) is 3.46. The minimum Gasteiger partial charge on any atom is -0.506 e. The fourth-order valence-corrected chi connectivity index (χ4v) is 3.11. The molecule has 0 unspecified atom stereocenters. The van der Waals surface area contributed by atoms with Gasteiger partial charge >= 0.3 is 11.9 Å². The van der Waals surface area contributed by atoms with E-state index in [0.29, 0.717) is 0 Å². The Morgan fingerprint density at radius 3 is 2.16 bits per heavy atom. The van der Waals surface area contributed by atoms with Crippen LogP contribution in [0.15, 0.2) is 4.21 Å². The van der Waals surface area contributed by atoms with Crippen LogP contribution in [0.1, 0.15) is 34.6 Å². The van der Waals surface area contributed by atoms with Crippen LogP contribution in [-0.2, 0) is 9.47 Å². The average Bonchev–Trinajstić information content (AvgIpc) is 2.28. The van der Waals surface area contributed by atoms with Gasteiger partial charge in [-0.2, -0.15) is 0 Å². The number of thiol groups is 1. The molecule has 104 valence electrons. The van der Waals surface area contributed by atoms with Crippen molar-refractivity contribution in [2.24, 2.45) is 0 Å². The number of rotatable bonds is 4. The molecule has 1 heterocycles. The number of carbonyl (C=O) groups is 2. The van der Waals surface area contributed by atoms with Gasteiger partial charge in [-0.1, -0.05) is 12.2 Å². The van der Waals surface area contributed by atoms with Gasteiger partial charge in [0.05, 0.1) is 17.4 Å². The summed E-state index contributed by atoms with van der Waals surface area (Å²) in [6.07, 6.45) is 0. The lowest BCUT2D eigenvalue weighted by molar-refractivity contribution is 0.0516. The first-order valence-electron chi connectivity index (χ1n) is 5.37. The van der Waals surface area contributed by atoms with Crippen molar-refractivity contribution < 1.29 is 24.2 Å². The summed E-state index contributed by atoms with van der Waals surface area (Å²) >= 11 is 9.99. The molecule has 0 amide bonds. The van der Waals surface area contributed by atoms with Crippen LogP contribution in [0.2, 0.25) is 0 Å². The van der Waals surface area contributed by atoms with E-state index < -0.39 is 17.7 Å². The van der Waals surface area contributed by atoms with Gasteiger partial charge in [-0.3, -0.25) is 0 Å². The van der Waals surface area contributed by atoms with Gasteiger partial charge in [0, 0.05) is 0 Å². The van der Waals surface area contributed by atoms with Crippen molar-refractivity contribution in [3.8, 4) is 5.75 Å². The Labute approximate surface area is 124 Å². The third-order valence-electron chi connectivity index (χ3n) is 2.04. The van der Waals surface area contributed by atoms with Crippen LogP contribution >= 0.6 is 36.2 Å². The van der Waals surface area contributed by atoms with Crippen LogP contribution in [0.4, 0.5) is 0 Å². The van der Waals surface area contributed by atoms with Gasteiger partial charge in [-0.25, -0.2) is 9.59 Å². The van der Waals surface area contributed by atoms with Crippen molar-refractivity contribution >= 4 is 48.1 Å². The summed E-state index contributed by atoms with van der Waals surface area (Å²) in [5.74, 6) is -2.09. The number of hydrogen-bond donors (Lipinski definition) is 2. The molecule has 0 spiro atoms. The van der Waals surface area contributed by atoms with Crippen molar-refractivity contribution in [2.75, 3.05) is 13.2 Å². The van der Waals surface area contributed by atoms with E-state index in [4.69, 9.17) is 21.7 Å². The van der Waals surface area contributed by atoms with Gasteiger partial charge in [0.15, 0.2) is 0 Å². The number of carbonyl (C=O) groups excluding carboxylic acids is 2. The van der Waals surface area contributed by atoms with Crippen LogP contribution in [0, 0.1) is 3.82 Å². The van der Waals surface area contributed by atoms with E-state index in [1.807, 2.05) is 0 Å². The molecule has 0 aromatic carbocycles. The second-order valence-electron chi connectivity index (χ2n) is 3.23. The molecule has 1 rings (SSSR count). The predicted octanol–water partition coefficient (Wildman–Crippen LogP) is 2.83. The molecular weight excluding hydrogens is 308 g/mol. The first kappa shape index (κ1) is 15.9. The summed E-state index contributed by atoms with van der Waals surface area (Å²) in [5.41, 5.74) is -0.380. The Morgan fingerprint density at radius 1 is 1.21 bits per heavy atom. The lowest BCUT2D eigenvalue weighted by Crippen LogP contribution is -2.11. The molecule has 0 radical (unpaired) electrons. The molecule has 1 aromatic rings. The fourth-order valence-electron chi connectivity index (χ4n) is 1.28. The lowest BCUT2D eigenvalue weighted by Gasteiger charge is -2.10. The maximum Gasteiger partial charge on any atom is 0.344 e. The second-order valence-corrected chi connectivity index (χ2v) is 5.67. The Kier molecular flexibility index (Phi) is 5.77. The Bertz CT molecular complexity index is 564. The molecule has 19 heavy (non-hydrogen) atoms. The third-order valence-corrected chi connectivity index (χ3v) is 3.78. The SMILES string of the molecule is CCOC(=O)c1c(S)sc(=S)c(C(=O)OCC)c1O. The zero-order valence-corrected chi connectivity index (χ0v) is 12.8. The van der Waals surface area contributed by atoms with E-state index >= 15 is 0 Å². The summed E-state index contributed by atoms with van der Waals surface area (Å²) in [6.45, 7) is 3.53. The van der Waals surface area contributed by atoms with Crippen LogP contribution in [0.3, 0.4) is 0 Å².